The number of H-pyrrole nitrogens is 2. The summed E-state index contributed by atoms with van der Waals surface area (Å²) in [6.07, 6.45) is 5.54. The van der Waals surface area contributed by atoms with E-state index in [0.29, 0.717) is 12.1 Å². The van der Waals surface area contributed by atoms with Crippen molar-refractivity contribution in [2.75, 3.05) is 0 Å². The van der Waals surface area contributed by atoms with Crippen LogP contribution in [0.2, 0.25) is 0 Å². The zero-order valence-electron chi connectivity index (χ0n) is 17.2. The number of aromatic amines is 2. The van der Waals surface area contributed by atoms with Gasteiger partial charge in [-0.1, -0.05) is 58.0 Å². The van der Waals surface area contributed by atoms with Gasteiger partial charge in [0.1, 0.15) is 5.69 Å². The Bertz CT molecular complexity index is 951. The number of carboxylic acids is 1. The van der Waals surface area contributed by atoms with Crippen molar-refractivity contribution in [2.45, 2.75) is 59.3 Å². The van der Waals surface area contributed by atoms with Gasteiger partial charge in [0.15, 0.2) is 0 Å². The first-order valence-corrected chi connectivity index (χ1v) is 10.3. The Labute approximate surface area is 167 Å². The second kappa shape index (κ2) is 8.51. The van der Waals surface area contributed by atoms with Crippen molar-refractivity contribution in [1.29, 1.82) is 0 Å². The molecule has 148 valence electrons. The van der Waals surface area contributed by atoms with Crippen molar-refractivity contribution >= 4 is 5.97 Å². The van der Waals surface area contributed by atoms with E-state index < -0.39 is 5.97 Å². The summed E-state index contributed by atoms with van der Waals surface area (Å²) in [6, 6.07) is 10.4. The molecular weight excluding hydrogens is 348 g/mol. The summed E-state index contributed by atoms with van der Waals surface area (Å²) >= 11 is 0. The van der Waals surface area contributed by atoms with Gasteiger partial charge >= 0.3 is 5.97 Å². The molecule has 0 amide bonds. The highest BCUT2D eigenvalue weighted by atomic mass is 16.4. The van der Waals surface area contributed by atoms with Crippen LogP contribution in [0.1, 0.15) is 83.3 Å². The van der Waals surface area contributed by atoms with Crippen molar-refractivity contribution in [3.8, 4) is 0 Å². The van der Waals surface area contributed by atoms with Crippen molar-refractivity contribution in [2.24, 2.45) is 0 Å². The largest absolute Gasteiger partial charge is 0.477 e. The van der Waals surface area contributed by atoms with Gasteiger partial charge in [0.25, 0.3) is 0 Å². The molecule has 4 heteroatoms. The van der Waals surface area contributed by atoms with Gasteiger partial charge < -0.3 is 15.1 Å². The molecule has 0 fully saturated rings. The quantitative estimate of drug-likeness (QED) is 0.486. The van der Waals surface area contributed by atoms with Gasteiger partial charge in [-0.05, 0) is 53.5 Å². The number of hydrogen-bond donors (Lipinski definition) is 3. The van der Waals surface area contributed by atoms with E-state index in [-0.39, 0.29) is 5.92 Å². The van der Waals surface area contributed by atoms with E-state index in [4.69, 9.17) is 0 Å². The SMILES string of the molecule is CCc1c[nH]c(C(c2ccccc2)c2[nH]c(C(=O)O)c(CC)c2CC)c1CC. The second-order valence-corrected chi connectivity index (χ2v) is 7.14. The highest BCUT2D eigenvalue weighted by molar-refractivity contribution is 5.88. The molecule has 0 bridgehead atoms. The van der Waals surface area contributed by atoms with Gasteiger partial charge in [-0.2, -0.15) is 0 Å². The molecule has 3 aromatic rings. The fourth-order valence-electron chi connectivity index (χ4n) is 4.45. The molecule has 4 nitrogen and oxygen atoms in total. The number of carboxylic acid groups (broad SMARTS) is 1. The summed E-state index contributed by atoms with van der Waals surface area (Å²) in [5.74, 6) is -0.925. The number of nitrogens with one attached hydrogen (secondary N) is 2. The highest BCUT2D eigenvalue weighted by Crippen LogP contribution is 2.38. The number of carbonyl (C=O) groups is 1. The number of aromatic nitrogens is 2. The number of hydrogen-bond acceptors (Lipinski definition) is 1. The lowest BCUT2D eigenvalue weighted by atomic mass is 9.86. The van der Waals surface area contributed by atoms with Crippen molar-refractivity contribution in [1.82, 2.24) is 9.97 Å². The number of aromatic carboxylic acids is 1. The van der Waals surface area contributed by atoms with Crippen molar-refractivity contribution in [3.63, 3.8) is 0 Å². The molecule has 0 aliphatic rings. The predicted molar refractivity (Wildman–Crippen MR) is 113 cm³/mol. The predicted octanol–water partition coefficient (Wildman–Crippen LogP) is 5.47. The van der Waals surface area contributed by atoms with Gasteiger partial charge in [-0.15, -0.1) is 0 Å². The zero-order valence-corrected chi connectivity index (χ0v) is 17.2. The minimum Gasteiger partial charge on any atom is -0.477 e. The molecular formula is C24H30N2O2. The van der Waals surface area contributed by atoms with Crippen molar-refractivity contribution < 1.29 is 9.90 Å². The number of benzene rings is 1. The third kappa shape index (κ3) is 3.39. The maximum Gasteiger partial charge on any atom is 0.352 e. The standard InChI is InChI=1S/C24H30N2O2/c1-5-15-14-25-21(17(15)6-2)20(16-12-10-9-11-13-16)22-18(7-3)19(8-4)23(26-22)24(27)28/h9-14,20,25-26H,5-8H2,1-4H3,(H,27,28). The molecule has 0 saturated carbocycles. The molecule has 0 saturated heterocycles. The van der Waals surface area contributed by atoms with Gasteiger partial charge in [-0.3, -0.25) is 0 Å². The lowest BCUT2D eigenvalue weighted by Gasteiger charge is -2.20. The van der Waals surface area contributed by atoms with E-state index in [0.717, 1.165) is 41.6 Å². The molecule has 0 aliphatic heterocycles. The molecule has 0 radical (unpaired) electrons. The Kier molecular flexibility index (Phi) is 6.08. The third-order valence-corrected chi connectivity index (χ3v) is 5.73. The average Bonchev–Trinajstić information content (AvgIpc) is 3.30. The molecule has 0 aliphatic carbocycles. The second-order valence-electron chi connectivity index (χ2n) is 7.14. The molecule has 3 rings (SSSR count). The van der Waals surface area contributed by atoms with Crippen LogP contribution in [-0.2, 0) is 25.7 Å². The van der Waals surface area contributed by atoms with Gasteiger partial charge in [-0.25, -0.2) is 4.79 Å². The fourth-order valence-corrected chi connectivity index (χ4v) is 4.45. The first-order chi connectivity index (χ1) is 13.6. The van der Waals surface area contributed by atoms with E-state index in [2.05, 4.69) is 49.1 Å². The lowest BCUT2D eigenvalue weighted by molar-refractivity contribution is 0.0690. The van der Waals surface area contributed by atoms with Crippen LogP contribution in [0, 0.1) is 0 Å². The summed E-state index contributed by atoms with van der Waals surface area (Å²) in [6.45, 7) is 8.49. The number of aryl methyl sites for hydroxylation is 1. The van der Waals surface area contributed by atoms with Crippen LogP contribution in [-0.4, -0.2) is 21.0 Å². The Morgan fingerprint density at radius 2 is 1.54 bits per heavy atom. The van der Waals surface area contributed by atoms with Crippen LogP contribution in [0.5, 0.6) is 0 Å². The molecule has 2 aromatic heterocycles. The topological polar surface area (TPSA) is 68.9 Å². The Hall–Kier alpha value is -2.75. The van der Waals surface area contributed by atoms with Crippen molar-refractivity contribution in [3.05, 3.63) is 81.4 Å². The summed E-state index contributed by atoms with van der Waals surface area (Å²) in [7, 11) is 0. The fraction of sp³-hybridized carbons (Fsp3) is 0.375. The van der Waals surface area contributed by atoms with Crippen LogP contribution >= 0.6 is 0 Å². The maximum atomic E-state index is 11.9. The van der Waals surface area contributed by atoms with Gasteiger partial charge in [0.05, 0.1) is 5.92 Å². The lowest BCUT2D eigenvalue weighted by Crippen LogP contribution is -2.10. The minimum absolute atomic E-state index is 0.0372. The van der Waals surface area contributed by atoms with E-state index in [9.17, 15) is 9.90 Å². The van der Waals surface area contributed by atoms with E-state index in [1.54, 1.807) is 0 Å². The molecule has 2 heterocycles. The van der Waals surface area contributed by atoms with Crippen LogP contribution < -0.4 is 0 Å². The summed E-state index contributed by atoms with van der Waals surface area (Å²) in [5, 5.41) is 9.76. The van der Waals surface area contributed by atoms with Crippen LogP contribution in [0.15, 0.2) is 36.5 Å². The average molecular weight is 379 g/mol. The highest BCUT2D eigenvalue weighted by Gasteiger charge is 2.29. The molecule has 3 N–H and O–H groups in total. The van der Waals surface area contributed by atoms with Crippen LogP contribution in [0.25, 0.3) is 0 Å². The molecule has 1 aromatic carbocycles. The maximum absolute atomic E-state index is 11.9. The normalized spacial score (nSPS) is 12.3. The zero-order chi connectivity index (χ0) is 20.3. The van der Waals surface area contributed by atoms with Gasteiger partial charge in [0.2, 0.25) is 0 Å². The summed E-state index contributed by atoms with van der Waals surface area (Å²) in [4.78, 5) is 18.7. The molecule has 1 atom stereocenters. The molecule has 0 spiro atoms. The summed E-state index contributed by atoms with van der Waals surface area (Å²) in [5.41, 5.74) is 8.38. The molecule has 1 unspecified atom stereocenters. The third-order valence-electron chi connectivity index (χ3n) is 5.73. The minimum atomic E-state index is -0.888. The monoisotopic (exact) mass is 378 g/mol. The first kappa shape index (κ1) is 20.0. The van der Waals surface area contributed by atoms with Crippen LogP contribution in [0.4, 0.5) is 0 Å². The Balaban J connectivity index is 2.31. The van der Waals surface area contributed by atoms with E-state index in [1.165, 1.54) is 16.8 Å². The Morgan fingerprint density at radius 3 is 2.07 bits per heavy atom. The summed E-state index contributed by atoms with van der Waals surface area (Å²) < 4.78 is 0. The number of rotatable bonds is 8. The Morgan fingerprint density at radius 1 is 0.893 bits per heavy atom. The van der Waals surface area contributed by atoms with E-state index >= 15 is 0 Å². The molecule has 28 heavy (non-hydrogen) atoms. The first-order valence-electron chi connectivity index (χ1n) is 10.3. The van der Waals surface area contributed by atoms with Gasteiger partial charge in [0, 0.05) is 17.6 Å². The van der Waals surface area contributed by atoms with Crippen LogP contribution in [0.3, 0.4) is 0 Å². The smallest absolute Gasteiger partial charge is 0.352 e. The van der Waals surface area contributed by atoms with E-state index in [1.807, 2.05) is 25.1 Å².